The molecule has 0 saturated heterocycles. The van der Waals surface area contributed by atoms with Gasteiger partial charge < -0.3 is 20.1 Å². The number of rotatable bonds is 7. The largest absolute Gasteiger partial charge is 0.493 e. The van der Waals surface area contributed by atoms with E-state index in [2.05, 4.69) is 10.6 Å². The SMILES string of the molecule is COc1ccccc1OCC(=O)Nc1ccccc1NC(=O)CC#N. The highest BCUT2D eigenvalue weighted by atomic mass is 16.5. The minimum atomic E-state index is -0.450. The average molecular weight is 339 g/mol. The minimum Gasteiger partial charge on any atom is -0.493 e. The van der Waals surface area contributed by atoms with Crippen LogP contribution in [0.15, 0.2) is 48.5 Å². The molecule has 2 rings (SSSR count). The summed E-state index contributed by atoms with van der Waals surface area (Å²) in [5.74, 6) is 0.137. The molecule has 0 spiro atoms. The molecule has 0 fully saturated rings. The van der Waals surface area contributed by atoms with E-state index >= 15 is 0 Å². The van der Waals surface area contributed by atoms with Crippen molar-refractivity contribution in [2.75, 3.05) is 24.4 Å². The lowest BCUT2D eigenvalue weighted by Gasteiger charge is -2.13. The van der Waals surface area contributed by atoms with Crippen LogP contribution in [0.4, 0.5) is 11.4 Å². The molecule has 7 nitrogen and oxygen atoms in total. The number of anilines is 2. The van der Waals surface area contributed by atoms with Crippen LogP contribution in [-0.4, -0.2) is 25.5 Å². The first-order valence-electron chi connectivity index (χ1n) is 7.45. The second-order valence-corrected chi connectivity index (χ2v) is 4.92. The summed E-state index contributed by atoms with van der Waals surface area (Å²) >= 11 is 0. The first-order chi connectivity index (χ1) is 12.1. The van der Waals surface area contributed by atoms with Crippen LogP contribution in [0.2, 0.25) is 0 Å². The van der Waals surface area contributed by atoms with Crippen molar-refractivity contribution < 1.29 is 19.1 Å². The lowest BCUT2D eigenvalue weighted by atomic mass is 10.2. The number of benzene rings is 2. The van der Waals surface area contributed by atoms with Crippen molar-refractivity contribution in [2.45, 2.75) is 6.42 Å². The van der Waals surface area contributed by atoms with E-state index in [1.807, 2.05) is 0 Å². The van der Waals surface area contributed by atoms with Gasteiger partial charge >= 0.3 is 0 Å². The monoisotopic (exact) mass is 339 g/mol. The van der Waals surface area contributed by atoms with Crippen LogP contribution in [-0.2, 0) is 9.59 Å². The predicted molar refractivity (Wildman–Crippen MR) is 92.4 cm³/mol. The molecule has 0 atom stereocenters. The number of amides is 2. The summed E-state index contributed by atoms with van der Waals surface area (Å²) in [7, 11) is 1.52. The molecule has 0 bridgehead atoms. The molecular weight excluding hydrogens is 322 g/mol. The quantitative estimate of drug-likeness (QED) is 0.807. The van der Waals surface area contributed by atoms with Gasteiger partial charge in [-0.15, -0.1) is 0 Å². The fraction of sp³-hybridized carbons (Fsp3) is 0.167. The number of methoxy groups -OCH3 is 1. The Morgan fingerprint density at radius 2 is 1.52 bits per heavy atom. The molecule has 2 N–H and O–H groups in total. The molecule has 0 aliphatic heterocycles. The number of ether oxygens (including phenoxy) is 2. The van der Waals surface area contributed by atoms with E-state index in [-0.39, 0.29) is 13.0 Å². The number of nitrogens with one attached hydrogen (secondary N) is 2. The number of nitriles is 1. The van der Waals surface area contributed by atoms with Crippen LogP contribution in [0, 0.1) is 11.3 Å². The van der Waals surface area contributed by atoms with Crippen LogP contribution in [0.5, 0.6) is 11.5 Å². The molecular formula is C18H17N3O4. The highest BCUT2D eigenvalue weighted by molar-refractivity contribution is 6.00. The standard InChI is InChI=1S/C18H17N3O4/c1-24-15-8-4-5-9-16(15)25-12-18(23)21-14-7-3-2-6-13(14)20-17(22)10-11-19/h2-9H,10,12H2,1H3,(H,20,22)(H,21,23). The van der Waals surface area contributed by atoms with Gasteiger partial charge in [-0.3, -0.25) is 9.59 Å². The van der Waals surface area contributed by atoms with Crippen LogP contribution < -0.4 is 20.1 Å². The lowest BCUT2D eigenvalue weighted by Crippen LogP contribution is -2.21. The van der Waals surface area contributed by atoms with E-state index < -0.39 is 11.8 Å². The van der Waals surface area contributed by atoms with Crippen LogP contribution in [0.3, 0.4) is 0 Å². The third kappa shape index (κ3) is 5.25. The molecule has 0 radical (unpaired) electrons. The topological polar surface area (TPSA) is 100 Å². The van der Waals surface area contributed by atoms with Gasteiger partial charge in [-0.1, -0.05) is 24.3 Å². The van der Waals surface area contributed by atoms with E-state index in [9.17, 15) is 9.59 Å². The third-order valence-electron chi connectivity index (χ3n) is 3.14. The van der Waals surface area contributed by atoms with Crippen molar-refractivity contribution in [1.82, 2.24) is 0 Å². The van der Waals surface area contributed by atoms with Crippen LogP contribution in [0.1, 0.15) is 6.42 Å². The molecule has 128 valence electrons. The zero-order valence-corrected chi connectivity index (χ0v) is 13.6. The Kier molecular flexibility index (Phi) is 6.37. The second-order valence-electron chi connectivity index (χ2n) is 4.92. The second kappa shape index (κ2) is 8.93. The van der Waals surface area contributed by atoms with E-state index in [0.29, 0.717) is 22.9 Å². The molecule has 0 aliphatic carbocycles. The maximum atomic E-state index is 12.1. The first-order valence-corrected chi connectivity index (χ1v) is 7.45. The van der Waals surface area contributed by atoms with Crippen molar-refractivity contribution >= 4 is 23.2 Å². The van der Waals surface area contributed by atoms with Gasteiger partial charge in [0.05, 0.1) is 24.6 Å². The molecule has 2 amide bonds. The summed E-state index contributed by atoms with van der Waals surface area (Å²) < 4.78 is 10.6. The van der Waals surface area contributed by atoms with Gasteiger partial charge in [0.25, 0.3) is 5.91 Å². The summed E-state index contributed by atoms with van der Waals surface area (Å²) in [5.41, 5.74) is 0.829. The van der Waals surface area contributed by atoms with Crippen molar-refractivity contribution in [3.05, 3.63) is 48.5 Å². The molecule has 0 aliphatic rings. The Balaban J connectivity index is 1.99. The molecule has 0 saturated carbocycles. The van der Waals surface area contributed by atoms with Crippen LogP contribution in [0.25, 0.3) is 0 Å². The molecule has 0 unspecified atom stereocenters. The van der Waals surface area contributed by atoms with E-state index in [0.717, 1.165) is 0 Å². The Labute approximate surface area is 145 Å². The summed E-state index contributed by atoms with van der Waals surface area (Å²) in [6.45, 7) is -0.221. The summed E-state index contributed by atoms with van der Waals surface area (Å²) in [6.07, 6.45) is -0.265. The highest BCUT2D eigenvalue weighted by Gasteiger charge is 2.11. The zero-order valence-electron chi connectivity index (χ0n) is 13.6. The predicted octanol–water partition coefficient (Wildman–Crippen LogP) is 2.56. The summed E-state index contributed by atoms with van der Waals surface area (Å²) in [6, 6.07) is 15.5. The molecule has 0 heterocycles. The van der Waals surface area contributed by atoms with E-state index in [1.165, 1.54) is 7.11 Å². The zero-order chi connectivity index (χ0) is 18.1. The molecule has 2 aromatic carbocycles. The number of hydrogen-bond donors (Lipinski definition) is 2. The van der Waals surface area contributed by atoms with Gasteiger partial charge in [-0.2, -0.15) is 5.26 Å². The first kappa shape index (κ1) is 17.8. The summed E-state index contributed by atoms with van der Waals surface area (Å²) in [5, 5.41) is 13.8. The molecule has 25 heavy (non-hydrogen) atoms. The van der Waals surface area contributed by atoms with Gasteiger partial charge in [-0.05, 0) is 24.3 Å². The normalized spacial score (nSPS) is 9.60. The van der Waals surface area contributed by atoms with Crippen molar-refractivity contribution in [1.29, 1.82) is 5.26 Å². The average Bonchev–Trinajstić information content (AvgIpc) is 2.62. The maximum absolute atomic E-state index is 12.1. The number of para-hydroxylation sites is 4. The van der Waals surface area contributed by atoms with Gasteiger partial charge in [-0.25, -0.2) is 0 Å². The fourth-order valence-corrected chi connectivity index (χ4v) is 2.03. The van der Waals surface area contributed by atoms with E-state index in [4.69, 9.17) is 14.7 Å². The number of nitrogens with zero attached hydrogens (tertiary/aromatic N) is 1. The minimum absolute atomic E-state index is 0.221. The van der Waals surface area contributed by atoms with Gasteiger partial charge in [0.1, 0.15) is 6.42 Å². The Bertz CT molecular complexity index is 799. The molecule has 0 aromatic heterocycles. The van der Waals surface area contributed by atoms with Crippen molar-refractivity contribution in [2.24, 2.45) is 0 Å². The molecule has 7 heteroatoms. The fourth-order valence-electron chi connectivity index (χ4n) is 2.03. The van der Waals surface area contributed by atoms with Gasteiger partial charge in [0.15, 0.2) is 18.1 Å². The van der Waals surface area contributed by atoms with Crippen molar-refractivity contribution in [3.63, 3.8) is 0 Å². The molecule has 2 aromatic rings. The highest BCUT2D eigenvalue weighted by Crippen LogP contribution is 2.26. The lowest BCUT2D eigenvalue weighted by molar-refractivity contribution is -0.118. The summed E-state index contributed by atoms with van der Waals surface area (Å²) in [4.78, 5) is 23.7. The Morgan fingerprint density at radius 1 is 0.960 bits per heavy atom. The van der Waals surface area contributed by atoms with Crippen LogP contribution >= 0.6 is 0 Å². The number of carbonyl (C=O) groups is 2. The van der Waals surface area contributed by atoms with E-state index in [1.54, 1.807) is 54.6 Å². The Morgan fingerprint density at radius 3 is 2.12 bits per heavy atom. The third-order valence-corrected chi connectivity index (χ3v) is 3.14. The van der Waals surface area contributed by atoms with Gasteiger partial charge in [0, 0.05) is 0 Å². The smallest absolute Gasteiger partial charge is 0.262 e. The number of hydrogen-bond acceptors (Lipinski definition) is 5. The maximum Gasteiger partial charge on any atom is 0.262 e. The number of carbonyl (C=O) groups excluding carboxylic acids is 2. The van der Waals surface area contributed by atoms with Crippen molar-refractivity contribution in [3.8, 4) is 17.6 Å². The van der Waals surface area contributed by atoms with Gasteiger partial charge in [0.2, 0.25) is 5.91 Å². The Hall–Kier alpha value is -3.53.